The van der Waals surface area contributed by atoms with Crippen LogP contribution in [-0.4, -0.2) is 49.4 Å². The summed E-state index contributed by atoms with van der Waals surface area (Å²) in [5.74, 6) is 0.115. The highest BCUT2D eigenvalue weighted by molar-refractivity contribution is 6.01. The van der Waals surface area contributed by atoms with Crippen LogP contribution in [0.1, 0.15) is 6.42 Å². The monoisotopic (exact) mass is 349 g/mol. The molecule has 2 aromatic carbocycles. The molecule has 2 saturated heterocycles. The average molecular weight is 349 g/mol. The van der Waals surface area contributed by atoms with Gasteiger partial charge in [-0.1, -0.05) is 48.5 Å². The second-order valence-electron chi connectivity index (χ2n) is 6.88. The number of nitrogens with zero attached hydrogens (tertiary/aromatic N) is 2. The fourth-order valence-corrected chi connectivity index (χ4v) is 3.81. The molecule has 0 aliphatic carbocycles. The van der Waals surface area contributed by atoms with E-state index in [1.165, 1.54) is 0 Å². The molecule has 0 bridgehead atoms. The number of hydrogen-bond donors (Lipinski definition) is 1. The van der Waals surface area contributed by atoms with Gasteiger partial charge in [0.15, 0.2) is 0 Å². The second kappa shape index (κ2) is 7.30. The van der Waals surface area contributed by atoms with Crippen molar-refractivity contribution in [1.29, 1.82) is 0 Å². The number of hydrogen-bond acceptors (Lipinski definition) is 3. The van der Waals surface area contributed by atoms with E-state index < -0.39 is 0 Å². The number of carbonyl (C=O) groups excluding carboxylic acids is 2. The van der Waals surface area contributed by atoms with Gasteiger partial charge >= 0.3 is 0 Å². The minimum Gasteiger partial charge on any atom is -0.331 e. The Morgan fingerprint density at radius 1 is 1.00 bits per heavy atom. The first-order valence-corrected chi connectivity index (χ1v) is 9.18. The van der Waals surface area contributed by atoms with Crippen molar-refractivity contribution >= 4 is 17.5 Å². The maximum atomic E-state index is 12.8. The van der Waals surface area contributed by atoms with Crippen LogP contribution in [0.2, 0.25) is 0 Å². The van der Waals surface area contributed by atoms with Gasteiger partial charge in [-0.2, -0.15) is 0 Å². The molecule has 0 saturated carbocycles. The first-order valence-electron chi connectivity index (χ1n) is 9.18. The Labute approximate surface area is 153 Å². The van der Waals surface area contributed by atoms with E-state index in [4.69, 9.17) is 0 Å². The zero-order chi connectivity index (χ0) is 17.9. The molecule has 1 atom stereocenters. The first kappa shape index (κ1) is 16.8. The van der Waals surface area contributed by atoms with Gasteiger partial charge in [0.2, 0.25) is 11.8 Å². The molecule has 2 fully saturated rings. The van der Waals surface area contributed by atoms with Gasteiger partial charge in [-0.05, 0) is 24.6 Å². The summed E-state index contributed by atoms with van der Waals surface area (Å²) in [6, 6.07) is 18.1. The molecule has 5 heteroatoms. The largest absolute Gasteiger partial charge is 0.331 e. The second-order valence-corrected chi connectivity index (χ2v) is 6.88. The van der Waals surface area contributed by atoms with Gasteiger partial charge in [0.1, 0.15) is 6.54 Å². The predicted molar refractivity (Wildman–Crippen MR) is 102 cm³/mol. The van der Waals surface area contributed by atoms with Gasteiger partial charge in [0.05, 0.1) is 11.6 Å². The van der Waals surface area contributed by atoms with Crippen LogP contribution in [0.4, 0.5) is 5.69 Å². The molecule has 1 N–H and O–H groups in total. The Balaban J connectivity index is 1.54. The third-order valence-corrected chi connectivity index (χ3v) is 5.22. The minimum absolute atomic E-state index is 0.0149. The Morgan fingerprint density at radius 3 is 2.50 bits per heavy atom. The number of anilines is 1. The Bertz CT molecular complexity index is 800. The van der Waals surface area contributed by atoms with Crippen molar-refractivity contribution in [3.63, 3.8) is 0 Å². The van der Waals surface area contributed by atoms with Gasteiger partial charge in [0, 0.05) is 25.2 Å². The molecule has 2 aromatic rings. The molecular weight excluding hydrogens is 326 g/mol. The third-order valence-electron chi connectivity index (χ3n) is 5.22. The van der Waals surface area contributed by atoms with Crippen LogP contribution in [0, 0.1) is 5.92 Å². The van der Waals surface area contributed by atoms with Gasteiger partial charge in [-0.3, -0.25) is 9.59 Å². The standard InChI is InChI=1S/C21H23N3O2/c25-20-15-23(21(26)17-10-11-22-14-17)12-13-24(20)19-9-5-4-8-18(19)16-6-2-1-3-7-16/h1-9,17,22H,10-15H2/t17-/m0/s1. The number of nitrogens with one attached hydrogen (secondary N) is 1. The van der Waals surface area contributed by atoms with Crippen LogP contribution < -0.4 is 10.2 Å². The van der Waals surface area contributed by atoms with E-state index in [1.807, 2.05) is 47.4 Å². The zero-order valence-electron chi connectivity index (χ0n) is 14.7. The van der Waals surface area contributed by atoms with Crippen LogP contribution in [0.15, 0.2) is 54.6 Å². The molecule has 2 aliphatic heterocycles. The number of benzene rings is 2. The fraction of sp³-hybridized carbons (Fsp3) is 0.333. The summed E-state index contributed by atoms with van der Waals surface area (Å²) >= 11 is 0. The topological polar surface area (TPSA) is 52.7 Å². The van der Waals surface area contributed by atoms with E-state index in [9.17, 15) is 9.59 Å². The lowest BCUT2D eigenvalue weighted by Gasteiger charge is -2.36. The maximum absolute atomic E-state index is 12.8. The fourth-order valence-electron chi connectivity index (χ4n) is 3.81. The summed E-state index contributed by atoms with van der Waals surface area (Å²) in [4.78, 5) is 29.0. The lowest BCUT2D eigenvalue weighted by Crippen LogP contribution is -2.54. The zero-order valence-corrected chi connectivity index (χ0v) is 14.7. The normalized spacial score (nSPS) is 20.5. The van der Waals surface area contributed by atoms with Crippen LogP contribution >= 0.6 is 0 Å². The smallest absolute Gasteiger partial charge is 0.246 e. The third kappa shape index (κ3) is 3.22. The molecule has 2 amide bonds. The maximum Gasteiger partial charge on any atom is 0.246 e. The van der Waals surface area contributed by atoms with Crippen molar-refractivity contribution in [3.8, 4) is 11.1 Å². The minimum atomic E-state index is -0.0149. The number of carbonyl (C=O) groups is 2. The van der Waals surface area contributed by atoms with E-state index >= 15 is 0 Å². The van der Waals surface area contributed by atoms with Crippen molar-refractivity contribution in [1.82, 2.24) is 10.2 Å². The molecule has 2 aliphatic rings. The van der Waals surface area contributed by atoms with E-state index in [1.54, 1.807) is 4.90 Å². The Morgan fingerprint density at radius 2 is 1.77 bits per heavy atom. The number of rotatable bonds is 3. The highest BCUT2D eigenvalue weighted by Crippen LogP contribution is 2.31. The summed E-state index contributed by atoms with van der Waals surface area (Å²) in [5, 5.41) is 3.22. The molecule has 0 aromatic heterocycles. The molecule has 0 spiro atoms. The highest BCUT2D eigenvalue weighted by Gasteiger charge is 2.33. The van der Waals surface area contributed by atoms with Crippen molar-refractivity contribution in [2.45, 2.75) is 6.42 Å². The molecule has 2 heterocycles. The number of amides is 2. The van der Waals surface area contributed by atoms with E-state index in [2.05, 4.69) is 17.4 Å². The van der Waals surface area contributed by atoms with Gasteiger partial charge in [0.25, 0.3) is 0 Å². The van der Waals surface area contributed by atoms with E-state index in [0.717, 1.165) is 36.3 Å². The molecule has 134 valence electrons. The highest BCUT2D eigenvalue weighted by atomic mass is 16.2. The van der Waals surface area contributed by atoms with Crippen LogP contribution in [0.25, 0.3) is 11.1 Å². The van der Waals surface area contributed by atoms with Crippen molar-refractivity contribution in [2.24, 2.45) is 5.92 Å². The molecular formula is C21H23N3O2. The quantitative estimate of drug-likeness (QED) is 0.924. The molecule has 0 radical (unpaired) electrons. The summed E-state index contributed by atoms with van der Waals surface area (Å²) in [5.41, 5.74) is 3.05. The van der Waals surface area contributed by atoms with Gasteiger partial charge in [-0.25, -0.2) is 0 Å². The summed E-state index contributed by atoms with van der Waals surface area (Å²) in [6.45, 7) is 2.90. The number of para-hydroxylation sites is 1. The Kier molecular flexibility index (Phi) is 4.71. The van der Waals surface area contributed by atoms with Gasteiger partial charge < -0.3 is 15.1 Å². The van der Waals surface area contributed by atoms with Crippen molar-refractivity contribution < 1.29 is 9.59 Å². The van der Waals surface area contributed by atoms with Gasteiger partial charge in [-0.15, -0.1) is 0 Å². The lowest BCUT2D eigenvalue weighted by molar-refractivity contribution is -0.139. The van der Waals surface area contributed by atoms with E-state index in [0.29, 0.717) is 13.1 Å². The Hall–Kier alpha value is -2.66. The van der Waals surface area contributed by atoms with Crippen LogP contribution in [0.3, 0.4) is 0 Å². The summed E-state index contributed by atoms with van der Waals surface area (Å²) in [7, 11) is 0. The SMILES string of the molecule is O=C([C@H]1CCNC1)N1CCN(c2ccccc2-c2ccccc2)C(=O)C1. The lowest BCUT2D eigenvalue weighted by atomic mass is 10.0. The molecule has 5 nitrogen and oxygen atoms in total. The van der Waals surface area contributed by atoms with E-state index in [-0.39, 0.29) is 24.3 Å². The molecule has 26 heavy (non-hydrogen) atoms. The molecule has 0 unspecified atom stereocenters. The van der Waals surface area contributed by atoms with Crippen molar-refractivity contribution in [3.05, 3.63) is 54.6 Å². The van der Waals surface area contributed by atoms with Crippen LogP contribution in [-0.2, 0) is 9.59 Å². The summed E-state index contributed by atoms with van der Waals surface area (Å²) in [6.07, 6.45) is 0.865. The van der Waals surface area contributed by atoms with Crippen LogP contribution in [0.5, 0.6) is 0 Å². The summed E-state index contributed by atoms with van der Waals surface area (Å²) < 4.78 is 0. The predicted octanol–water partition coefficient (Wildman–Crippen LogP) is 2.14. The number of piperazine rings is 1. The van der Waals surface area contributed by atoms with Crippen molar-refractivity contribution in [2.75, 3.05) is 37.6 Å². The molecule has 4 rings (SSSR count). The average Bonchev–Trinajstić information content (AvgIpc) is 3.23. The first-order chi connectivity index (χ1) is 12.7.